The lowest BCUT2D eigenvalue weighted by Gasteiger charge is -2.36. The third-order valence-electron chi connectivity index (χ3n) is 5.14. The topological polar surface area (TPSA) is 71.4 Å². The number of hydrogen-bond acceptors (Lipinski definition) is 7. The van der Waals surface area contributed by atoms with Crippen LogP contribution in [0.4, 0.5) is 4.39 Å². The van der Waals surface area contributed by atoms with Gasteiger partial charge in [-0.15, -0.1) is 0 Å². The molecule has 0 radical (unpaired) electrons. The van der Waals surface area contributed by atoms with Gasteiger partial charge in [0, 0.05) is 26.4 Å². The predicted molar refractivity (Wildman–Crippen MR) is 118 cm³/mol. The molecule has 2 heterocycles. The summed E-state index contributed by atoms with van der Waals surface area (Å²) in [7, 11) is 3.26. The van der Waals surface area contributed by atoms with E-state index in [2.05, 4.69) is 4.99 Å². The van der Waals surface area contributed by atoms with Gasteiger partial charge in [0.25, 0.3) is 0 Å². The molecule has 2 aliphatic rings. The van der Waals surface area contributed by atoms with E-state index in [0.717, 1.165) is 0 Å². The van der Waals surface area contributed by atoms with Crippen molar-refractivity contribution in [2.75, 3.05) is 33.9 Å². The Kier molecular flexibility index (Phi) is 7.50. The average molecular weight is 448 g/mol. The molecule has 1 atom stereocenters. The summed E-state index contributed by atoms with van der Waals surface area (Å²) in [5, 5.41) is 2.50. The number of ether oxygens (including phenoxy) is 2. The van der Waals surface area contributed by atoms with Crippen molar-refractivity contribution in [1.82, 2.24) is 9.80 Å². The van der Waals surface area contributed by atoms with Crippen LogP contribution in [0.25, 0.3) is 0 Å². The Balaban J connectivity index is 2.01. The smallest absolute Gasteiger partial charge is 0.338 e. The quantitative estimate of drug-likeness (QED) is 0.449. The van der Waals surface area contributed by atoms with Gasteiger partial charge in [0.05, 0.1) is 30.3 Å². The van der Waals surface area contributed by atoms with Gasteiger partial charge in [-0.25, -0.2) is 14.2 Å². The Morgan fingerprint density at radius 2 is 2.10 bits per heavy atom. The minimum atomic E-state index is -0.653. The van der Waals surface area contributed by atoms with Gasteiger partial charge in [-0.3, -0.25) is 4.79 Å². The Labute approximate surface area is 185 Å². The number of rotatable bonds is 8. The average Bonchev–Trinajstić information content (AvgIpc) is 3.14. The van der Waals surface area contributed by atoms with E-state index in [-0.39, 0.29) is 25.5 Å². The second-order valence-corrected chi connectivity index (χ2v) is 8.00. The summed E-state index contributed by atoms with van der Waals surface area (Å²) < 4.78 is 24.5. The summed E-state index contributed by atoms with van der Waals surface area (Å²) in [5.41, 5.74) is 2.10. The highest BCUT2D eigenvalue weighted by atomic mass is 32.2. The third-order valence-corrected chi connectivity index (χ3v) is 6.03. The fraction of sp³-hybridized carbons (Fsp3) is 0.409. The van der Waals surface area contributed by atoms with E-state index in [1.807, 2.05) is 17.2 Å². The maximum Gasteiger partial charge on any atom is 0.338 e. The van der Waals surface area contributed by atoms with Crippen LogP contribution >= 0.6 is 11.8 Å². The van der Waals surface area contributed by atoms with E-state index in [4.69, 9.17) is 9.47 Å². The van der Waals surface area contributed by atoms with Crippen LogP contribution in [-0.4, -0.2) is 60.8 Å². The van der Waals surface area contributed by atoms with Gasteiger partial charge in [0.1, 0.15) is 12.4 Å². The summed E-state index contributed by atoms with van der Waals surface area (Å²) in [6, 6.07) is 5.45. The molecular formula is C22H26FN3O4S. The summed E-state index contributed by atoms with van der Waals surface area (Å²) >= 11 is 1.38. The molecule has 1 unspecified atom stereocenters. The van der Waals surface area contributed by atoms with Crippen molar-refractivity contribution in [2.24, 2.45) is 4.99 Å². The minimum absolute atomic E-state index is 0.0518. The number of amidine groups is 1. The number of hydrogen-bond donors (Lipinski definition) is 0. The number of methoxy groups -OCH3 is 1. The van der Waals surface area contributed by atoms with E-state index < -0.39 is 17.8 Å². The maximum atomic E-state index is 14.1. The van der Waals surface area contributed by atoms with Gasteiger partial charge >= 0.3 is 5.97 Å². The number of esters is 1. The highest BCUT2D eigenvalue weighted by Crippen LogP contribution is 2.45. The first kappa shape index (κ1) is 23.0. The first-order chi connectivity index (χ1) is 14.9. The highest BCUT2D eigenvalue weighted by Gasteiger charge is 2.41. The maximum absolute atomic E-state index is 14.1. The normalized spacial score (nSPS) is 17.8. The molecule has 0 N–H and O–H groups in total. The molecule has 0 aliphatic carbocycles. The van der Waals surface area contributed by atoms with Crippen molar-refractivity contribution in [3.63, 3.8) is 0 Å². The van der Waals surface area contributed by atoms with Gasteiger partial charge in [-0.05, 0) is 37.0 Å². The van der Waals surface area contributed by atoms with Gasteiger partial charge in [0.2, 0.25) is 5.91 Å². The summed E-state index contributed by atoms with van der Waals surface area (Å²) in [6.45, 7) is 4.58. The van der Waals surface area contributed by atoms with Crippen molar-refractivity contribution >= 4 is 28.8 Å². The summed E-state index contributed by atoms with van der Waals surface area (Å²) in [5.74, 6) is -1.01. The number of halogens is 1. The van der Waals surface area contributed by atoms with Crippen LogP contribution < -0.4 is 0 Å². The molecule has 2 aliphatic heterocycles. The monoisotopic (exact) mass is 447 g/mol. The molecular weight excluding hydrogens is 421 g/mol. The molecule has 31 heavy (non-hydrogen) atoms. The third kappa shape index (κ3) is 4.99. The largest absolute Gasteiger partial charge is 0.460 e. The number of nitrogens with zero attached hydrogens (tertiary/aromatic N) is 3. The number of allylic oxidation sites excluding steroid dienone is 1. The van der Waals surface area contributed by atoms with Crippen molar-refractivity contribution < 1.29 is 23.5 Å². The molecule has 3 rings (SSSR count). The van der Waals surface area contributed by atoms with Gasteiger partial charge in [-0.2, -0.15) is 0 Å². The van der Waals surface area contributed by atoms with Gasteiger partial charge < -0.3 is 19.3 Å². The van der Waals surface area contributed by atoms with E-state index in [0.29, 0.717) is 34.2 Å². The number of benzene rings is 1. The second kappa shape index (κ2) is 10.1. The van der Waals surface area contributed by atoms with E-state index in [1.54, 1.807) is 31.0 Å². The molecule has 1 aromatic rings. The van der Waals surface area contributed by atoms with Crippen molar-refractivity contribution in [1.29, 1.82) is 0 Å². The number of amides is 1. The van der Waals surface area contributed by atoms with Crippen LogP contribution in [0, 0.1) is 5.82 Å². The lowest BCUT2D eigenvalue weighted by molar-refractivity contribution is -0.141. The van der Waals surface area contributed by atoms with Crippen LogP contribution in [-0.2, 0) is 19.1 Å². The Bertz CT molecular complexity index is 960. The number of thioether (sulfide) groups is 1. The molecule has 0 saturated heterocycles. The number of fused-ring (bicyclic) bond motifs is 1. The van der Waals surface area contributed by atoms with Crippen LogP contribution in [0.2, 0.25) is 0 Å². The molecule has 1 amide bonds. The Morgan fingerprint density at radius 3 is 2.77 bits per heavy atom. The molecule has 166 valence electrons. The van der Waals surface area contributed by atoms with Gasteiger partial charge in [0.15, 0.2) is 5.17 Å². The number of aliphatic imine (C=N–C) groups is 1. The summed E-state index contributed by atoms with van der Waals surface area (Å²) in [4.78, 5) is 33.6. The number of carbonyl (C=O) groups excluding carboxylic acids is 2. The Hall–Kier alpha value is -2.65. The van der Waals surface area contributed by atoms with Gasteiger partial charge in [-0.1, -0.05) is 23.9 Å². The van der Waals surface area contributed by atoms with Crippen LogP contribution in [0.15, 0.2) is 51.6 Å². The van der Waals surface area contributed by atoms with Crippen LogP contribution in [0.1, 0.15) is 31.9 Å². The van der Waals surface area contributed by atoms with Crippen molar-refractivity contribution in [3.05, 3.63) is 58.0 Å². The first-order valence-electron chi connectivity index (χ1n) is 9.97. The predicted octanol–water partition coefficient (Wildman–Crippen LogP) is 3.46. The highest BCUT2D eigenvalue weighted by molar-refractivity contribution is 8.16. The van der Waals surface area contributed by atoms with E-state index in [1.165, 1.54) is 31.0 Å². The molecule has 1 aromatic carbocycles. The first-order valence-corrected chi connectivity index (χ1v) is 10.8. The standard InChI is InChI=1S/C22H26FN3O4S/c1-5-25(3)18(27)12-17-13-31-22-24-14(2)19(21(28)30-10-9-29-4)20(26(17)22)15-7-6-8-16(23)11-15/h6-8,11,13,20H,5,9-10,12H2,1-4H3. The zero-order chi connectivity index (χ0) is 22.5. The molecule has 0 fully saturated rings. The lowest BCUT2D eigenvalue weighted by Crippen LogP contribution is -2.38. The van der Waals surface area contributed by atoms with Crippen LogP contribution in [0.5, 0.6) is 0 Å². The van der Waals surface area contributed by atoms with Crippen molar-refractivity contribution in [2.45, 2.75) is 26.3 Å². The second-order valence-electron chi connectivity index (χ2n) is 7.16. The minimum Gasteiger partial charge on any atom is -0.460 e. The zero-order valence-electron chi connectivity index (χ0n) is 18.1. The number of carbonyl (C=O) groups is 2. The SMILES string of the molecule is CCN(C)C(=O)CC1=CSC2=NC(C)=C(C(=O)OCCOC)C(c3cccc(F)c3)N12. The molecule has 7 nitrogen and oxygen atoms in total. The van der Waals surface area contributed by atoms with E-state index >= 15 is 0 Å². The summed E-state index contributed by atoms with van der Waals surface area (Å²) in [6.07, 6.45) is 0.146. The van der Waals surface area contributed by atoms with Crippen molar-refractivity contribution in [3.8, 4) is 0 Å². The molecule has 9 heteroatoms. The fourth-order valence-corrected chi connectivity index (χ4v) is 4.35. The van der Waals surface area contributed by atoms with E-state index in [9.17, 15) is 14.0 Å². The molecule has 0 bridgehead atoms. The fourth-order valence-electron chi connectivity index (χ4n) is 3.38. The lowest BCUT2D eigenvalue weighted by atomic mass is 9.93. The molecule has 0 spiro atoms. The Morgan fingerprint density at radius 1 is 1.32 bits per heavy atom. The molecule has 0 aromatic heterocycles. The zero-order valence-corrected chi connectivity index (χ0v) is 18.9. The molecule has 0 saturated carbocycles. The van der Waals surface area contributed by atoms with Crippen LogP contribution in [0.3, 0.4) is 0 Å².